The molecule has 0 saturated carbocycles. The summed E-state index contributed by atoms with van der Waals surface area (Å²) in [5.74, 6) is 0. The Labute approximate surface area is 173 Å². The van der Waals surface area contributed by atoms with Crippen molar-refractivity contribution in [2.45, 2.75) is 105 Å². The molecule has 5 nitrogen and oxygen atoms in total. The molecule has 0 rings (SSSR count). The molecule has 26 heavy (non-hydrogen) atoms. The zero-order valence-corrected chi connectivity index (χ0v) is 22.1. The van der Waals surface area contributed by atoms with E-state index < -0.39 is 23.8 Å². The maximum Gasteiger partial charge on any atom is -0.0138 e. The number of nitrogens with zero attached hydrogens (tertiary/aromatic N) is 4. The van der Waals surface area contributed by atoms with Crippen LogP contribution in [0.1, 0.15) is 83.1 Å². The molecule has 6 heteroatoms. The molecule has 0 aromatic rings. The van der Waals surface area contributed by atoms with Gasteiger partial charge in [0.15, 0.2) is 0 Å². The van der Waals surface area contributed by atoms with Gasteiger partial charge in [0.05, 0.1) is 5.60 Å². The minimum Gasteiger partial charge on any atom is -0.656 e. The molecule has 0 aromatic carbocycles. The molecule has 0 unspecified atom stereocenters. The van der Waals surface area contributed by atoms with Gasteiger partial charge in [-0.15, -0.1) is 12.1 Å². The standard InChI is InChI=1S/C8H19N2.2C4H9N.C4H10O.Mo/c1-8(2,3)9-6-7-10(4)5;3*1-4(2,3)5;/h6-7H2,1-5H3;2*1-3H3;5H,1-3H3;/q-1;;;;. The summed E-state index contributed by atoms with van der Waals surface area (Å²) in [6.45, 7) is 26.3. The predicted octanol–water partition coefficient (Wildman–Crippen LogP) is 5.53. The molecular weight excluding hydrogens is 408 g/mol. The molecule has 0 amide bonds. The van der Waals surface area contributed by atoms with Gasteiger partial charge in [0, 0.05) is 0 Å². The van der Waals surface area contributed by atoms with Gasteiger partial charge < -0.3 is 15.3 Å². The third-order valence-electron chi connectivity index (χ3n) is 1.76. The third-order valence-corrected chi connectivity index (χ3v) is 4.86. The molecule has 0 saturated heterocycles. The van der Waals surface area contributed by atoms with Crippen LogP contribution in [0.15, 0.2) is 6.99 Å². The second-order valence-corrected chi connectivity index (χ2v) is 11.9. The minimum absolute atomic E-state index is 0.108. The molecular formula is C20H47MoN4O-. The van der Waals surface area contributed by atoms with E-state index in [1.165, 1.54) is 0 Å². The molecule has 0 heterocycles. The van der Waals surface area contributed by atoms with Crippen LogP contribution in [0.4, 0.5) is 0 Å². The van der Waals surface area contributed by atoms with Crippen molar-refractivity contribution in [1.82, 2.24) is 4.90 Å². The van der Waals surface area contributed by atoms with Gasteiger partial charge in [-0.05, 0) is 41.4 Å². The van der Waals surface area contributed by atoms with Crippen LogP contribution < -0.4 is 0 Å². The van der Waals surface area contributed by atoms with Crippen molar-refractivity contribution in [3.05, 3.63) is 5.32 Å². The third kappa shape index (κ3) is 56.4. The van der Waals surface area contributed by atoms with Crippen LogP contribution in [0.5, 0.6) is 0 Å². The first-order valence-corrected chi connectivity index (χ1v) is 11.1. The van der Waals surface area contributed by atoms with E-state index in [2.05, 4.69) is 93.6 Å². The van der Waals surface area contributed by atoms with Crippen LogP contribution in [0, 0.1) is 0 Å². The smallest absolute Gasteiger partial charge is 0.0138 e. The van der Waals surface area contributed by atoms with E-state index in [4.69, 9.17) is 5.11 Å². The predicted molar refractivity (Wildman–Crippen MR) is 113 cm³/mol. The Morgan fingerprint density at radius 1 is 0.769 bits per heavy atom. The van der Waals surface area contributed by atoms with E-state index in [1.54, 1.807) is 20.8 Å². The molecule has 160 valence electrons. The van der Waals surface area contributed by atoms with Crippen molar-refractivity contribution >= 4 is 0 Å². The summed E-state index contributed by atoms with van der Waals surface area (Å²) in [7, 11) is 4.14. The normalized spacial score (nSPS) is 12.5. The summed E-state index contributed by atoms with van der Waals surface area (Å²) in [6, 6.07) is 0. The minimum atomic E-state index is -0.500. The molecule has 0 aliphatic carbocycles. The number of likely N-dealkylation sites (N-methyl/N-ethyl adjacent to an activating group) is 1. The Morgan fingerprint density at radius 2 is 1.08 bits per heavy atom. The molecule has 0 spiro atoms. The molecule has 0 aromatic heterocycles. The van der Waals surface area contributed by atoms with E-state index in [9.17, 15) is 0 Å². The van der Waals surface area contributed by atoms with Crippen LogP contribution in [-0.2, 0) is 18.2 Å². The van der Waals surface area contributed by atoms with Crippen molar-refractivity contribution in [3.63, 3.8) is 0 Å². The van der Waals surface area contributed by atoms with Crippen molar-refractivity contribution in [1.29, 1.82) is 0 Å². The van der Waals surface area contributed by atoms with Gasteiger partial charge in [0.2, 0.25) is 0 Å². The van der Waals surface area contributed by atoms with Crippen LogP contribution >= 0.6 is 0 Å². The number of hydrogen-bond acceptors (Lipinski definition) is 4. The van der Waals surface area contributed by atoms with Crippen LogP contribution in [-0.4, -0.2) is 59.4 Å². The van der Waals surface area contributed by atoms with Crippen molar-refractivity contribution in [2.75, 3.05) is 27.2 Å². The molecule has 0 atom stereocenters. The fourth-order valence-electron chi connectivity index (χ4n) is 0.851. The maximum atomic E-state index is 8.52. The van der Waals surface area contributed by atoms with E-state index >= 15 is 0 Å². The molecule has 1 N–H and O–H groups in total. The Balaban J connectivity index is -0.000000327. The zero-order valence-electron chi connectivity index (χ0n) is 20.1. The van der Waals surface area contributed by atoms with Gasteiger partial charge in [-0.25, -0.2) is 0 Å². The van der Waals surface area contributed by atoms with Gasteiger partial charge in [-0.3, -0.25) is 0 Å². The molecule has 0 bridgehead atoms. The van der Waals surface area contributed by atoms with Crippen LogP contribution in [0.2, 0.25) is 0 Å². The number of hydrogen-bond donors (Lipinski definition) is 1. The SMILES string of the molecule is CC(C)(C)O.CC(C)(C)[N]=[Mo]=[N]C(C)(C)C.CN(C)CC[N-]C(C)(C)C. The van der Waals surface area contributed by atoms with Crippen molar-refractivity contribution in [3.8, 4) is 0 Å². The zero-order chi connectivity index (χ0) is 21.8. The average Bonchev–Trinajstić information content (AvgIpc) is 2.20. The van der Waals surface area contributed by atoms with Crippen molar-refractivity contribution < 1.29 is 23.3 Å². The van der Waals surface area contributed by atoms with Gasteiger partial charge in [0.1, 0.15) is 0 Å². The monoisotopic (exact) mass is 457 g/mol. The summed E-state index contributed by atoms with van der Waals surface area (Å²) in [5.41, 5.74) is -0.149. The topological polar surface area (TPSA) is 62.3 Å². The maximum absolute atomic E-state index is 8.52. The van der Waals surface area contributed by atoms with Gasteiger partial charge >= 0.3 is 77.8 Å². The van der Waals surface area contributed by atoms with Gasteiger partial charge in [-0.1, -0.05) is 20.8 Å². The Morgan fingerprint density at radius 3 is 1.27 bits per heavy atom. The van der Waals surface area contributed by atoms with E-state index in [0.717, 1.165) is 13.1 Å². The second-order valence-electron chi connectivity index (χ2n) is 10.6. The summed E-state index contributed by atoms with van der Waals surface area (Å²) in [5, 5.41) is 13.0. The quantitative estimate of drug-likeness (QED) is 0.569. The van der Waals surface area contributed by atoms with Gasteiger partial charge in [0.25, 0.3) is 0 Å². The number of aliphatic hydroxyl groups is 1. The molecule has 0 aliphatic heterocycles. The fourth-order valence-corrected chi connectivity index (χ4v) is 2.16. The summed E-state index contributed by atoms with van der Waals surface area (Å²) < 4.78 is 9.01. The molecule has 0 fully saturated rings. The molecule has 0 radical (unpaired) electrons. The van der Waals surface area contributed by atoms with Crippen molar-refractivity contribution in [2.24, 2.45) is 6.99 Å². The average molecular weight is 456 g/mol. The summed E-state index contributed by atoms with van der Waals surface area (Å²) in [4.78, 5) is 2.15. The van der Waals surface area contributed by atoms with Crippen LogP contribution in [0.25, 0.3) is 5.32 Å². The first-order valence-electron chi connectivity index (χ1n) is 9.29. The Hall–Kier alpha value is 0.168. The fraction of sp³-hybridized carbons (Fsp3) is 1.00. The molecule has 0 aliphatic rings. The summed E-state index contributed by atoms with van der Waals surface area (Å²) >= 11 is -0.473. The first kappa shape index (κ1) is 30.9. The largest absolute Gasteiger partial charge is 0.656 e. The van der Waals surface area contributed by atoms with E-state index in [-0.39, 0.29) is 16.6 Å². The first-order chi connectivity index (χ1) is 11.1. The Kier molecular flexibility index (Phi) is 15.9. The van der Waals surface area contributed by atoms with Gasteiger partial charge in [-0.2, -0.15) is 0 Å². The van der Waals surface area contributed by atoms with E-state index in [0.29, 0.717) is 0 Å². The van der Waals surface area contributed by atoms with Crippen LogP contribution in [0.3, 0.4) is 0 Å². The van der Waals surface area contributed by atoms with E-state index in [1.807, 2.05) is 0 Å². The second kappa shape index (κ2) is 13.4. The number of rotatable bonds is 3. The Bertz CT molecular complexity index is 377. The summed E-state index contributed by atoms with van der Waals surface area (Å²) in [6.07, 6.45) is 0.